The van der Waals surface area contributed by atoms with Crippen molar-refractivity contribution >= 4 is 11.7 Å². The number of carboxylic acids is 1. The predicted molar refractivity (Wildman–Crippen MR) is 77.6 cm³/mol. The van der Waals surface area contributed by atoms with Crippen molar-refractivity contribution in [2.24, 2.45) is 0 Å². The molecule has 1 unspecified atom stereocenters. The number of anilines is 1. The van der Waals surface area contributed by atoms with Crippen LogP contribution in [0.5, 0.6) is 0 Å². The predicted octanol–water partition coefficient (Wildman–Crippen LogP) is 3.21. The Bertz CT molecular complexity index is 596. The summed E-state index contributed by atoms with van der Waals surface area (Å²) in [6.45, 7) is 0.476. The van der Waals surface area contributed by atoms with Crippen molar-refractivity contribution in [3.63, 3.8) is 0 Å². The molecule has 0 heterocycles. The summed E-state index contributed by atoms with van der Waals surface area (Å²) >= 11 is 0. The van der Waals surface area contributed by atoms with Gasteiger partial charge in [0.15, 0.2) is 6.04 Å². The quantitative estimate of drug-likeness (QED) is 0.857. The summed E-state index contributed by atoms with van der Waals surface area (Å²) in [4.78, 5) is 11.4. The third kappa shape index (κ3) is 4.03. The van der Waals surface area contributed by atoms with E-state index in [0.717, 1.165) is 5.56 Å². The Morgan fingerprint density at radius 2 is 1.81 bits per heavy atom. The molecule has 110 valence electrons. The van der Waals surface area contributed by atoms with Crippen LogP contribution in [0.1, 0.15) is 17.2 Å². The first kappa shape index (κ1) is 15.0. The number of carbonyl (C=O) groups is 1. The molecule has 2 rings (SSSR count). The minimum Gasteiger partial charge on any atom is -0.479 e. The van der Waals surface area contributed by atoms with E-state index >= 15 is 0 Å². The summed E-state index contributed by atoms with van der Waals surface area (Å²) in [5.41, 5.74) is 2.13. The Hall–Kier alpha value is -2.40. The number of methoxy groups -OCH3 is 1. The van der Waals surface area contributed by atoms with Crippen LogP contribution in [0.3, 0.4) is 0 Å². The minimum atomic E-state index is -1.00. The number of halogens is 1. The van der Waals surface area contributed by atoms with Crippen molar-refractivity contribution in [1.29, 1.82) is 0 Å². The number of ether oxygens (including phenoxy) is 1. The maximum absolute atomic E-state index is 12.9. The first-order chi connectivity index (χ1) is 10.1. The second kappa shape index (κ2) is 6.85. The molecule has 0 radical (unpaired) electrons. The average Bonchev–Trinajstić information content (AvgIpc) is 2.48. The number of hydrogen-bond acceptors (Lipinski definition) is 3. The van der Waals surface area contributed by atoms with Crippen LogP contribution in [-0.2, 0) is 16.1 Å². The smallest absolute Gasteiger partial charge is 0.330 e. The van der Waals surface area contributed by atoms with Crippen LogP contribution in [0.15, 0.2) is 48.5 Å². The van der Waals surface area contributed by atoms with Gasteiger partial charge in [0, 0.05) is 12.8 Å². The highest BCUT2D eigenvalue weighted by atomic mass is 19.1. The lowest BCUT2D eigenvalue weighted by Gasteiger charge is -2.16. The molecule has 2 N–H and O–H groups in total. The van der Waals surface area contributed by atoms with Gasteiger partial charge in [-0.3, -0.25) is 0 Å². The van der Waals surface area contributed by atoms with Crippen LogP contribution < -0.4 is 5.32 Å². The summed E-state index contributed by atoms with van der Waals surface area (Å²) in [7, 11) is 1.60. The lowest BCUT2D eigenvalue weighted by molar-refractivity contribution is -0.138. The van der Waals surface area contributed by atoms with Crippen LogP contribution in [0, 0.1) is 5.82 Å². The molecule has 0 bridgehead atoms. The van der Waals surface area contributed by atoms with E-state index < -0.39 is 12.0 Å². The molecule has 0 aliphatic rings. The zero-order chi connectivity index (χ0) is 15.2. The minimum absolute atomic E-state index is 0.364. The van der Waals surface area contributed by atoms with Crippen molar-refractivity contribution in [2.45, 2.75) is 12.6 Å². The lowest BCUT2D eigenvalue weighted by atomic mass is 10.0. The monoisotopic (exact) mass is 289 g/mol. The van der Waals surface area contributed by atoms with E-state index in [9.17, 15) is 14.3 Å². The van der Waals surface area contributed by atoms with Crippen LogP contribution in [0.25, 0.3) is 0 Å². The van der Waals surface area contributed by atoms with Gasteiger partial charge >= 0.3 is 5.97 Å². The Morgan fingerprint density at radius 3 is 2.33 bits per heavy atom. The number of hydrogen-bond donors (Lipinski definition) is 2. The van der Waals surface area contributed by atoms with Gasteiger partial charge in [0.25, 0.3) is 0 Å². The number of rotatable bonds is 6. The summed E-state index contributed by atoms with van der Waals surface area (Å²) in [6, 6.07) is 11.8. The molecule has 1 atom stereocenters. The molecule has 0 aromatic heterocycles. The zero-order valence-electron chi connectivity index (χ0n) is 11.5. The third-order valence-electron chi connectivity index (χ3n) is 3.03. The van der Waals surface area contributed by atoms with Gasteiger partial charge in [0.05, 0.1) is 6.61 Å². The Balaban J connectivity index is 2.18. The molecule has 0 amide bonds. The topological polar surface area (TPSA) is 58.6 Å². The normalized spacial score (nSPS) is 11.9. The van der Waals surface area contributed by atoms with Gasteiger partial charge in [0.2, 0.25) is 0 Å². The second-order valence-corrected chi connectivity index (χ2v) is 4.60. The molecule has 0 spiro atoms. The van der Waals surface area contributed by atoms with Crippen molar-refractivity contribution < 1.29 is 19.0 Å². The fourth-order valence-electron chi connectivity index (χ4n) is 1.97. The van der Waals surface area contributed by atoms with Crippen LogP contribution >= 0.6 is 0 Å². The molecule has 0 saturated carbocycles. The van der Waals surface area contributed by atoms with Crippen molar-refractivity contribution in [1.82, 2.24) is 0 Å². The van der Waals surface area contributed by atoms with E-state index in [4.69, 9.17) is 4.74 Å². The zero-order valence-corrected chi connectivity index (χ0v) is 11.5. The van der Waals surface area contributed by atoms with E-state index in [0.29, 0.717) is 17.9 Å². The van der Waals surface area contributed by atoms with E-state index in [1.165, 1.54) is 24.3 Å². The standard InChI is InChI=1S/C16H16FNO3/c1-21-10-11-2-4-12(5-3-11)15(16(19)20)18-14-8-6-13(17)7-9-14/h2-9,15,18H,10H2,1H3,(H,19,20). The van der Waals surface area contributed by atoms with Crippen LogP contribution in [0.4, 0.5) is 10.1 Å². The van der Waals surface area contributed by atoms with Crippen LogP contribution in [0.2, 0.25) is 0 Å². The van der Waals surface area contributed by atoms with E-state index in [1.54, 1.807) is 19.2 Å². The molecule has 0 aliphatic carbocycles. The van der Waals surface area contributed by atoms with Gasteiger partial charge < -0.3 is 15.2 Å². The van der Waals surface area contributed by atoms with Crippen LogP contribution in [-0.4, -0.2) is 18.2 Å². The SMILES string of the molecule is COCc1ccc(C(Nc2ccc(F)cc2)C(=O)O)cc1. The third-order valence-corrected chi connectivity index (χ3v) is 3.03. The summed E-state index contributed by atoms with van der Waals surface area (Å²) in [6.07, 6.45) is 0. The fraction of sp³-hybridized carbons (Fsp3) is 0.188. The molecular weight excluding hydrogens is 273 g/mol. The average molecular weight is 289 g/mol. The Morgan fingerprint density at radius 1 is 1.19 bits per heavy atom. The summed E-state index contributed by atoms with van der Waals surface area (Å²) in [5.74, 6) is -1.37. The highest BCUT2D eigenvalue weighted by molar-refractivity contribution is 5.79. The Labute approximate surface area is 122 Å². The molecule has 2 aromatic rings. The highest BCUT2D eigenvalue weighted by Gasteiger charge is 2.19. The van der Waals surface area contributed by atoms with Gasteiger partial charge in [0.1, 0.15) is 5.82 Å². The maximum atomic E-state index is 12.9. The van der Waals surface area contributed by atoms with Gasteiger partial charge in [-0.15, -0.1) is 0 Å². The molecule has 0 fully saturated rings. The first-order valence-electron chi connectivity index (χ1n) is 6.43. The number of aliphatic carboxylic acids is 1. The van der Waals surface area contributed by atoms with Crippen molar-refractivity contribution in [3.8, 4) is 0 Å². The molecule has 21 heavy (non-hydrogen) atoms. The number of nitrogens with one attached hydrogen (secondary N) is 1. The summed E-state index contributed by atoms with van der Waals surface area (Å²) < 4.78 is 17.9. The molecule has 0 aliphatic heterocycles. The summed E-state index contributed by atoms with van der Waals surface area (Å²) in [5, 5.41) is 12.2. The van der Waals surface area contributed by atoms with Crippen molar-refractivity contribution in [2.75, 3.05) is 12.4 Å². The van der Waals surface area contributed by atoms with Gasteiger partial charge in [-0.1, -0.05) is 24.3 Å². The lowest BCUT2D eigenvalue weighted by Crippen LogP contribution is -2.20. The molecule has 5 heteroatoms. The maximum Gasteiger partial charge on any atom is 0.330 e. The molecular formula is C16H16FNO3. The highest BCUT2D eigenvalue weighted by Crippen LogP contribution is 2.21. The number of benzene rings is 2. The second-order valence-electron chi connectivity index (χ2n) is 4.60. The van der Waals surface area contributed by atoms with Gasteiger partial charge in [-0.2, -0.15) is 0 Å². The van der Waals surface area contributed by atoms with Gasteiger partial charge in [-0.05, 0) is 35.4 Å². The van der Waals surface area contributed by atoms with Crippen molar-refractivity contribution in [3.05, 3.63) is 65.5 Å². The largest absolute Gasteiger partial charge is 0.479 e. The molecule has 4 nitrogen and oxygen atoms in total. The van der Waals surface area contributed by atoms with E-state index in [2.05, 4.69) is 5.32 Å². The Kier molecular flexibility index (Phi) is 4.90. The number of carboxylic acid groups (broad SMARTS) is 1. The van der Waals surface area contributed by atoms with E-state index in [1.807, 2.05) is 12.1 Å². The molecule has 0 saturated heterocycles. The fourth-order valence-corrected chi connectivity index (χ4v) is 1.97. The van der Waals surface area contributed by atoms with E-state index in [-0.39, 0.29) is 5.82 Å². The first-order valence-corrected chi connectivity index (χ1v) is 6.43. The molecule has 2 aromatic carbocycles. The van der Waals surface area contributed by atoms with Gasteiger partial charge in [-0.25, -0.2) is 9.18 Å².